The maximum absolute atomic E-state index is 12.9. The number of amides is 1. The number of carbonyl (C=O) groups is 1. The SMILES string of the molecule is CCC(CSC)N1C(=O)C(CC(C)C)NC1c1ccsc1. The third kappa shape index (κ3) is 3.82. The minimum atomic E-state index is -0.0363. The Labute approximate surface area is 136 Å². The highest BCUT2D eigenvalue weighted by Crippen LogP contribution is 2.32. The van der Waals surface area contributed by atoms with Crippen LogP contribution < -0.4 is 5.32 Å². The van der Waals surface area contributed by atoms with Gasteiger partial charge in [-0.05, 0) is 47.4 Å². The first-order valence-corrected chi connectivity index (χ1v) is 10.0. The summed E-state index contributed by atoms with van der Waals surface area (Å²) in [5.74, 6) is 1.80. The summed E-state index contributed by atoms with van der Waals surface area (Å²) >= 11 is 3.51. The van der Waals surface area contributed by atoms with Gasteiger partial charge in [-0.25, -0.2) is 0 Å². The highest BCUT2D eigenvalue weighted by molar-refractivity contribution is 7.98. The predicted molar refractivity (Wildman–Crippen MR) is 92.7 cm³/mol. The Morgan fingerprint density at radius 1 is 1.48 bits per heavy atom. The van der Waals surface area contributed by atoms with Crippen molar-refractivity contribution in [3.05, 3.63) is 22.4 Å². The molecule has 3 nitrogen and oxygen atoms in total. The van der Waals surface area contributed by atoms with E-state index in [1.54, 1.807) is 11.3 Å². The van der Waals surface area contributed by atoms with Crippen LogP contribution in [0.3, 0.4) is 0 Å². The smallest absolute Gasteiger partial charge is 0.241 e. The normalized spacial score (nSPS) is 24.0. The number of thioether (sulfide) groups is 1. The highest BCUT2D eigenvalue weighted by atomic mass is 32.2. The number of nitrogens with zero attached hydrogens (tertiary/aromatic N) is 1. The van der Waals surface area contributed by atoms with Gasteiger partial charge < -0.3 is 4.90 Å². The molecule has 0 aromatic carbocycles. The van der Waals surface area contributed by atoms with Crippen LogP contribution >= 0.6 is 23.1 Å². The van der Waals surface area contributed by atoms with Crippen molar-refractivity contribution in [3.63, 3.8) is 0 Å². The Morgan fingerprint density at radius 3 is 2.76 bits per heavy atom. The van der Waals surface area contributed by atoms with Crippen molar-refractivity contribution < 1.29 is 4.79 Å². The lowest BCUT2D eigenvalue weighted by atomic mass is 10.0. The quantitative estimate of drug-likeness (QED) is 0.828. The first kappa shape index (κ1) is 16.8. The van der Waals surface area contributed by atoms with Crippen molar-refractivity contribution in [3.8, 4) is 0 Å². The molecule has 1 saturated heterocycles. The topological polar surface area (TPSA) is 32.3 Å². The summed E-state index contributed by atoms with van der Waals surface area (Å²) in [5.41, 5.74) is 1.22. The standard InChI is InChI=1S/C16H26N2OS2/c1-5-13(10-20-4)18-15(12-6-7-21-9-12)17-14(16(18)19)8-11(2)3/h6-7,9,11,13-15,17H,5,8,10H2,1-4H3. The van der Waals surface area contributed by atoms with Gasteiger partial charge in [0.25, 0.3) is 0 Å². The molecule has 0 spiro atoms. The monoisotopic (exact) mass is 326 g/mol. The molecular formula is C16H26N2OS2. The van der Waals surface area contributed by atoms with Gasteiger partial charge >= 0.3 is 0 Å². The molecule has 21 heavy (non-hydrogen) atoms. The summed E-state index contributed by atoms with van der Waals surface area (Å²) < 4.78 is 0. The van der Waals surface area contributed by atoms with Crippen LogP contribution in [0.4, 0.5) is 0 Å². The van der Waals surface area contributed by atoms with Gasteiger partial charge in [0.05, 0.1) is 6.04 Å². The van der Waals surface area contributed by atoms with Crippen LogP contribution in [0.5, 0.6) is 0 Å². The molecular weight excluding hydrogens is 300 g/mol. The van der Waals surface area contributed by atoms with Gasteiger partial charge in [0.1, 0.15) is 6.17 Å². The van der Waals surface area contributed by atoms with E-state index >= 15 is 0 Å². The second-order valence-electron chi connectivity index (χ2n) is 6.07. The average molecular weight is 327 g/mol. The fourth-order valence-corrected chi connectivity index (χ4v) is 4.41. The Bertz CT molecular complexity index is 447. The Balaban J connectivity index is 2.25. The van der Waals surface area contributed by atoms with Crippen molar-refractivity contribution in [1.29, 1.82) is 0 Å². The van der Waals surface area contributed by atoms with E-state index in [2.05, 4.69) is 54.1 Å². The van der Waals surface area contributed by atoms with E-state index < -0.39 is 0 Å². The molecule has 2 rings (SSSR count). The molecule has 3 atom stereocenters. The Kier molecular flexibility index (Phi) is 6.14. The zero-order valence-corrected chi connectivity index (χ0v) is 15.0. The van der Waals surface area contributed by atoms with Gasteiger partial charge in [0, 0.05) is 11.8 Å². The molecule has 0 radical (unpaired) electrons. The van der Waals surface area contributed by atoms with Gasteiger partial charge in [-0.15, -0.1) is 0 Å². The molecule has 0 bridgehead atoms. The number of rotatable bonds is 7. The third-order valence-corrected chi connectivity index (χ3v) is 5.40. The van der Waals surface area contributed by atoms with Crippen molar-refractivity contribution >= 4 is 29.0 Å². The minimum absolute atomic E-state index is 0.0363. The fourth-order valence-electron chi connectivity index (χ4n) is 2.96. The maximum Gasteiger partial charge on any atom is 0.241 e. The second-order valence-corrected chi connectivity index (χ2v) is 7.76. The van der Waals surface area contributed by atoms with Gasteiger partial charge in [-0.3, -0.25) is 10.1 Å². The zero-order chi connectivity index (χ0) is 15.4. The van der Waals surface area contributed by atoms with E-state index in [4.69, 9.17) is 0 Å². The number of carbonyl (C=O) groups excluding carboxylic acids is 1. The van der Waals surface area contributed by atoms with Gasteiger partial charge in [-0.2, -0.15) is 23.1 Å². The fraction of sp³-hybridized carbons (Fsp3) is 0.688. The first-order valence-electron chi connectivity index (χ1n) is 7.67. The predicted octanol–water partition coefficient (Wildman–Crippen LogP) is 3.73. The second kappa shape index (κ2) is 7.65. The molecule has 2 heterocycles. The largest absolute Gasteiger partial charge is 0.318 e. The molecule has 118 valence electrons. The number of hydrogen-bond acceptors (Lipinski definition) is 4. The van der Waals surface area contributed by atoms with Crippen LogP contribution in [0, 0.1) is 5.92 Å². The number of thiophene rings is 1. The highest BCUT2D eigenvalue weighted by Gasteiger charge is 2.42. The summed E-state index contributed by atoms with van der Waals surface area (Å²) in [4.78, 5) is 15.0. The molecule has 1 aromatic rings. The van der Waals surface area contributed by atoms with E-state index in [1.165, 1.54) is 5.56 Å². The summed E-state index contributed by atoms with van der Waals surface area (Å²) in [6, 6.07) is 2.40. The lowest BCUT2D eigenvalue weighted by Crippen LogP contribution is -2.41. The molecule has 1 amide bonds. The number of hydrogen-bond donors (Lipinski definition) is 1. The summed E-state index contributed by atoms with van der Waals surface area (Å²) in [6.07, 6.45) is 4.07. The summed E-state index contributed by atoms with van der Waals surface area (Å²) in [7, 11) is 0. The number of nitrogens with one attached hydrogen (secondary N) is 1. The lowest BCUT2D eigenvalue weighted by Gasteiger charge is -2.31. The van der Waals surface area contributed by atoms with Gasteiger partial charge in [0.2, 0.25) is 5.91 Å². The third-order valence-electron chi connectivity index (χ3n) is 3.98. The molecule has 1 aliphatic rings. The van der Waals surface area contributed by atoms with Crippen LogP contribution in [0.2, 0.25) is 0 Å². The maximum atomic E-state index is 12.9. The molecule has 0 saturated carbocycles. The molecule has 1 aromatic heterocycles. The molecule has 0 aliphatic carbocycles. The van der Waals surface area contributed by atoms with Crippen LogP contribution in [-0.4, -0.2) is 34.9 Å². The molecule has 1 N–H and O–H groups in total. The van der Waals surface area contributed by atoms with Crippen LogP contribution in [0.25, 0.3) is 0 Å². The molecule has 3 unspecified atom stereocenters. The van der Waals surface area contributed by atoms with Crippen molar-refractivity contribution in [1.82, 2.24) is 10.2 Å². The lowest BCUT2D eigenvalue weighted by molar-refractivity contribution is -0.132. The van der Waals surface area contributed by atoms with Gasteiger partial charge in [0.15, 0.2) is 0 Å². The Morgan fingerprint density at radius 2 is 2.24 bits per heavy atom. The first-order chi connectivity index (χ1) is 10.1. The van der Waals surface area contributed by atoms with E-state index in [-0.39, 0.29) is 18.1 Å². The Hall–Kier alpha value is -0.520. The van der Waals surface area contributed by atoms with E-state index in [9.17, 15) is 4.79 Å². The summed E-state index contributed by atoms with van der Waals surface area (Å²) in [5, 5.41) is 7.81. The van der Waals surface area contributed by atoms with E-state index in [0.29, 0.717) is 12.0 Å². The van der Waals surface area contributed by atoms with Crippen molar-refractivity contribution in [2.24, 2.45) is 5.92 Å². The molecule has 1 aliphatic heterocycles. The van der Waals surface area contributed by atoms with Crippen molar-refractivity contribution in [2.75, 3.05) is 12.0 Å². The molecule has 1 fully saturated rings. The zero-order valence-electron chi connectivity index (χ0n) is 13.3. The van der Waals surface area contributed by atoms with E-state index in [0.717, 1.165) is 18.6 Å². The van der Waals surface area contributed by atoms with Crippen LogP contribution in [0.1, 0.15) is 45.3 Å². The van der Waals surface area contributed by atoms with E-state index in [1.807, 2.05) is 11.8 Å². The minimum Gasteiger partial charge on any atom is -0.318 e. The van der Waals surface area contributed by atoms with Crippen LogP contribution in [0.15, 0.2) is 16.8 Å². The molecule has 5 heteroatoms. The summed E-state index contributed by atoms with van der Waals surface area (Å²) in [6.45, 7) is 6.53. The van der Waals surface area contributed by atoms with Crippen LogP contribution in [-0.2, 0) is 4.79 Å². The van der Waals surface area contributed by atoms with Gasteiger partial charge in [-0.1, -0.05) is 20.8 Å². The van der Waals surface area contributed by atoms with Crippen molar-refractivity contribution in [2.45, 2.75) is 51.9 Å². The average Bonchev–Trinajstić information content (AvgIpc) is 3.05.